The molecule has 4 aromatic heterocycles. The third kappa shape index (κ3) is 7.24. The van der Waals surface area contributed by atoms with Gasteiger partial charge in [-0.25, -0.2) is 4.98 Å². The molecular weight excluding hydrogens is 896 g/mol. The van der Waals surface area contributed by atoms with Crippen molar-refractivity contribution in [3.8, 4) is 50.9 Å². The predicted molar refractivity (Wildman–Crippen MR) is 283 cm³/mol. The predicted octanol–water partition coefficient (Wildman–Crippen LogP) is 15.3. The summed E-state index contributed by atoms with van der Waals surface area (Å²) in [7, 11) is 0. The molecule has 0 atom stereocenters. The number of hydrogen-bond acceptors (Lipinski definition) is 2. The Balaban J connectivity index is 1.13. The Hall–Kier alpha value is -7.50. The number of pyridine rings is 1. The van der Waals surface area contributed by atoms with E-state index in [0.717, 1.165) is 53.8 Å². The van der Waals surface area contributed by atoms with E-state index in [1.165, 1.54) is 4.26 Å². The summed E-state index contributed by atoms with van der Waals surface area (Å²) in [5.74, 6) is 1.94. The topological polar surface area (TPSA) is 35.9 Å². The fourth-order valence-electron chi connectivity index (χ4n) is 9.25. The number of hydrogen-bond donors (Lipinski definition) is 0. The van der Waals surface area contributed by atoms with E-state index in [1.54, 1.807) is 22.8 Å². The molecule has 12 rings (SSSR count). The molecule has 0 bridgehead atoms. The molecule has 0 amide bonds. The van der Waals surface area contributed by atoms with E-state index >= 15 is 0 Å². The normalized spacial score (nSPS) is 14.3. The molecule has 0 saturated carbocycles. The molecule has 0 radical (unpaired) electrons. The van der Waals surface area contributed by atoms with Crippen molar-refractivity contribution in [3.05, 3.63) is 211 Å². The summed E-state index contributed by atoms with van der Waals surface area (Å²) in [6, 6.07) is 36.9. The molecule has 0 aliphatic rings. The van der Waals surface area contributed by atoms with Gasteiger partial charge in [-0.05, 0) is 29.2 Å². The molecular formula is C62H50N4OSe. The van der Waals surface area contributed by atoms with Gasteiger partial charge in [-0.1, -0.05) is 39.0 Å². The van der Waals surface area contributed by atoms with Crippen molar-refractivity contribution in [1.82, 2.24) is 14.1 Å². The molecule has 0 aliphatic carbocycles. The van der Waals surface area contributed by atoms with Gasteiger partial charge in [0.1, 0.15) is 5.82 Å². The van der Waals surface area contributed by atoms with Crippen molar-refractivity contribution in [2.75, 3.05) is 0 Å². The maximum atomic E-state index is 9.26. The van der Waals surface area contributed by atoms with Crippen molar-refractivity contribution >= 4 is 66.6 Å². The number of para-hydroxylation sites is 2. The summed E-state index contributed by atoms with van der Waals surface area (Å²) in [6.45, 7) is 13.0. The summed E-state index contributed by atoms with van der Waals surface area (Å²) in [5, 5.41) is 4.19. The minimum atomic E-state index is -0.564. The molecule has 5 nitrogen and oxygen atoms in total. The third-order valence-corrected chi connectivity index (χ3v) is 15.1. The average Bonchev–Trinajstić information content (AvgIpc) is 4.20. The number of imidazole rings is 1. The van der Waals surface area contributed by atoms with Crippen LogP contribution in [0.3, 0.4) is 0 Å². The molecule has 4 heterocycles. The number of fused-ring (bicyclic) bond motifs is 7. The maximum absolute atomic E-state index is 9.26. The second-order valence-electron chi connectivity index (χ2n) is 19.2. The number of benzene rings is 8. The van der Waals surface area contributed by atoms with Crippen LogP contribution in [0.1, 0.15) is 66.4 Å². The fraction of sp³-hybridized carbons (Fsp3) is 0.129. The third-order valence-electron chi connectivity index (χ3n) is 12.7. The van der Waals surface area contributed by atoms with Crippen LogP contribution in [0.25, 0.3) is 91.6 Å². The summed E-state index contributed by atoms with van der Waals surface area (Å²) in [4.78, 5) is 4.89. The van der Waals surface area contributed by atoms with Gasteiger partial charge in [-0.15, -0.1) is 0 Å². The van der Waals surface area contributed by atoms with Gasteiger partial charge >= 0.3 is 323 Å². The van der Waals surface area contributed by atoms with Crippen LogP contribution in [-0.2, 0) is 10.8 Å². The van der Waals surface area contributed by atoms with Gasteiger partial charge in [0.05, 0.1) is 5.52 Å². The first-order valence-corrected chi connectivity index (χ1v) is 24.2. The second kappa shape index (κ2) is 16.1. The van der Waals surface area contributed by atoms with Crippen LogP contribution in [0.2, 0.25) is 0 Å². The fourth-order valence-corrected chi connectivity index (χ4v) is 11.6. The number of rotatable bonds is 7. The summed E-state index contributed by atoms with van der Waals surface area (Å²) in [5.41, 5.74) is 5.83. The van der Waals surface area contributed by atoms with E-state index in [0.29, 0.717) is 28.2 Å². The Bertz CT molecular complexity index is 4380. The molecule has 6 heteroatoms. The molecule has 0 spiro atoms. The first-order valence-electron chi connectivity index (χ1n) is 27.5. The minimum absolute atomic E-state index is 0.0735. The van der Waals surface area contributed by atoms with Gasteiger partial charge in [-0.2, -0.15) is 0 Å². The van der Waals surface area contributed by atoms with E-state index in [2.05, 4.69) is 119 Å². The Morgan fingerprint density at radius 1 is 0.559 bits per heavy atom. The monoisotopic (exact) mass is 956 g/mol. The summed E-state index contributed by atoms with van der Waals surface area (Å²) in [6.07, 6.45) is 5.51. The zero-order chi connectivity index (χ0) is 55.0. The summed E-state index contributed by atoms with van der Waals surface area (Å²) < 4.78 is 104. The van der Waals surface area contributed by atoms with Gasteiger partial charge in [-0.3, -0.25) is 0 Å². The van der Waals surface area contributed by atoms with Crippen molar-refractivity contribution in [3.63, 3.8) is 0 Å². The molecule has 0 unspecified atom stereocenters. The van der Waals surface area contributed by atoms with Crippen LogP contribution >= 0.6 is 0 Å². The zero-order valence-corrected chi connectivity index (χ0v) is 40.0. The molecule has 12 aromatic rings. The van der Waals surface area contributed by atoms with E-state index in [4.69, 9.17) is 17.9 Å². The number of nitrogens with zero attached hydrogens (tertiary/aromatic N) is 4. The number of ether oxygens (including phenoxy) is 1. The van der Waals surface area contributed by atoms with E-state index in [9.17, 15) is 5.48 Å². The number of aromatic nitrogens is 4. The quantitative estimate of drug-likeness (QED) is 0.0906. The molecule has 68 heavy (non-hydrogen) atoms. The molecule has 8 aromatic carbocycles. The van der Waals surface area contributed by atoms with Crippen LogP contribution < -0.4 is 9.30 Å². The van der Waals surface area contributed by atoms with Crippen molar-refractivity contribution in [1.29, 1.82) is 0 Å². The average molecular weight is 956 g/mol. The molecule has 0 saturated heterocycles. The van der Waals surface area contributed by atoms with Gasteiger partial charge in [0, 0.05) is 11.6 Å². The second-order valence-corrected chi connectivity index (χ2v) is 21.4. The van der Waals surface area contributed by atoms with Gasteiger partial charge in [0.2, 0.25) is 0 Å². The van der Waals surface area contributed by atoms with Gasteiger partial charge < -0.3 is 0 Å². The van der Waals surface area contributed by atoms with Crippen molar-refractivity contribution in [2.24, 2.45) is 0 Å². The Kier molecular flexibility index (Phi) is 7.63. The van der Waals surface area contributed by atoms with Crippen LogP contribution in [0.15, 0.2) is 194 Å². The molecule has 0 N–H and O–H groups in total. The SMILES string of the molecule is [2H]c1c([2H])c([2H])c(-c2cccc(-c3c([2H])c([2H])c([2H])c([2H])c3[2H])c2-[n+]2[c-]n(-c3cc(Oc4ccc5c6ccccc6n(-c6cc(C(C)(C)C)ccn6)c5c4)cc(C(C)(C)C)c3)c3cc4[se]c5ccccc5c4cc32)c([2H])c1[2H]. The van der Waals surface area contributed by atoms with E-state index in [1.807, 2.05) is 53.2 Å². The molecule has 0 fully saturated rings. The van der Waals surface area contributed by atoms with E-state index in [-0.39, 0.29) is 53.3 Å². The molecule has 330 valence electrons. The Morgan fingerprint density at radius 2 is 1.24 bits per heavy atom. The van der Waals surface area contributed by atoms with Crippen LogP contribution in [0.5, 0.6) is 11.5 Å². The van der Waals surface area contributed by atoms with Crippen LogP contribution in [0.4, 0.5) is 0 Å². The first kappa shape index (κ1) is 32.2. The Morgan fingerprint density at radius 3 is 1.96 bits per heavy atom. The Labute approximate surface area is 417 Å². The van der Waals surface area contributed by atoms with Crippen LogP contribution in [-0.4, -0.2) is 28.6 Å². The first-order chi connectivity index (χ1) is 37.1. The van der Waals surface area contributed by atoms with E-state index < -0.39 is 60.4 Å². The van der Waals surface area contributed by atoms with Gasteiger partial charge in [0.15, 0.2) is 0 Å². The summed E-state index contributed by atoms with van der Waals surface area (Å²) >= 11 is -0.0735. The standard InChI is InChI=1S/C62H50N4OSe/c1-61(2,3)42-30-31-63-59(34-42)66-53-26-15-13-22-49(53)50-29-28-45(36-54(50)66)67-46-33-43(62(4,5)6)32-44(35-46)64-39-65(55-37-52-51-23-14-16-27-57(51)68-58(52)38-56(55)64)60-47(40-18-9-7-10-19-40)24-17-25-48(60)41-20-11-8-12-21-41/h7-38H,1-6H3/i7D,8D,9D,10D,11D,12D,18D,19D,20D,21D. The van der Waals surface area contributed by atoms with Crippen LogP contribution in [0, 0.1) is 6.33 Å². The molecule has 0 aliphatic heterocycles. The van der Waals surface area contributed by atoms with Crippen molar-refractivity contribution < 1.29 is 23.0 Å². The zero-order valence-electron chi connectivity index (χ0n) is 48.3. The van der Waals surface area contributed by atoms with Crippen molar-refractivity contribution in [2.45, 2.75) is 52.4 Å². The van der Waals surface area contributed by atoms with Gasteiger partial charge in [0.25, 0.3) is 0 Å².